The number of hydrogen-bond acceptors (Lipinski definition) is 6. The number of pyridine rings is 1. The predicted octanol–water partition coefficient (Wildman–Crippen LogP) is 5.31. The summed E-state index contributed by atoms with van der Waals surface area (Å²) >= 11 is 0. The molecule has 2 heterocycles. The number of hydrogen-bond donors (Lipinski definition) is 3. The standard InChI is InChI=1S/C27H37F3N4O2/c1-18(16-35-2)33-19-3-5-20(6-4-19)34-26-14-23(25(29)15-31-26)22-13-21(7-8-24(22)28)32-17-27(30)9-11-36-12-10-27/h7-8,13-15,18-20,32-33H,3-6,9-12,16-17H2,1-2H3,(H,31,34)/t18-,19-,20-/m0/s1. The largest absolute Gasteiger partial charge is 0.383 e. The first kappa shape index (κ1) is 26.7. The molecule has 0 unspecified atom stereocenters. The summed E-state index contributed by atoms with van der Waals surface area (Å²) in [4.78, 5) is 4.19. The Morgan fingerprint density at radius 2 is 1.75 bits per heavy atom. The molecule has 1 aliphatic heterocycles. The molecule has 198 valence electrons. The van der Waals surface area contributed by atoms with Gasteiger partial charge in [0.1, 0.15) is 23.1 Å². The van der Waals surface area contributed by atoms with Crippen LogP contribution in [0.5, 0.6) is 0 Å². The molecule has 1 saturated carbocycles. The molecule has 4 rings (SSSR count). The normalized spacial score (nSPS) is 22.7. The summed E-state index contributed by atoms with van der Waals surface area (Å²) in [7, 11) is 1.70. The Morgan fingerprint density at radius 1 is 1.06 bits per heavy atom. The summed E-state index contributed by atoms with van der Waals surface area (Å²) in [5.74, 6) is -0.643. The van der Waals surface area contributed by atoms with Gasteiger partial charge in [0.25, 0.3) is 0 Å². The Labute approximate surface area is 211 Å². The number of anilines is 2. The van der Waals surface area contributed by atoms with E-state index in [4.69, 9.17) is 9.47 Å². The molecule has 1 atom stereocenters. The smallest absolute Gasteiger partial charge is 0.149 e. The molecule has 3 N–H and O–H groups in total. The van der Waals surface area contributed by atoms with Crippen LogP contribution < -0.4 is 16.0 Å². The molecule has 0 radical (unpaired) electrons. The number of aromatic nitrogens is 1. The maximum atomic E-state index is 14.9. The fourth-order valence-corrected chi connectivity index (χ4v) is 5.05. The third kappa shape index (κ3) is 7.11. The molecule has 0 bridgehead atoms. The van der Waals surface area contributed by atoms with Gasteiger partial charge in [-0.1, -0.05) is 0 Å². The predicted molar refractivity (Wildman–Crippen MR) is 136 cm³/mol. The summed E-state index contributed by atoms with van der Waals surface area (Å²) < 4.78 is 54.9. The van der Waals surface area contributed by atoms with Crippen molar-refractivity contribution >= 4 is 11.5 Å². The molecule has 1 aliphatic carbocycles. The zero-order valence-electron chi connectivity index (χ0n) is 21.1. The monoisotopic (exact) mass is 506 g/mol. The van der Waals surface area contributed by atoms with E-state index in [9.17, 15) is 13.2 Å². The number of benzene rings is 1. The third-order valence-electron chi connectivity index (χ3n) is 7.13. The molecule has 2 aromatic rings. The summed E-state index contributed by atoms with van der Waals surface area (Å²) in [6.45, 7) is 3.65. The van der Waals surface area contributed by atoms with Gasteiger partial charge >= 0.3 is 0 Å². The minimum absolute atomic E-state index is 0.0921. The highest BCUT2D eigenvalue weighted by Crippen LogP contribution is 2.32. The van der Waals surface area contributed by atoms with Gasteiger partial charge in [-0.3, -0.25) is 0 Å². The molecule has 36 heavy (non-hydrogen) atoms. The average molecular weight is 507 g/mol. The second kappa shape index (κ2) is 12.3. The Morgan fingerprint density at radius 3 is 2.47 bits per heavy atom. The van der Waals surface area contributed by atoms with Crippen LogP contribution in [0, 0.1) is 11.6 Å². The van der Waals surface area contributed by atoms with Crippen molar-refractivity contribution in [1.82, 2.24) is 10.3 Å². The highest BCUT2D eigenvalue weighted by molar-refractivity contribution is 5.71. The van der Waals surface area contributed by atoms with E-state index in [-0.39, 0.29) is 23.7 Å². The molecular formula is C27H37F3N4O2. The van der Waals surface area contributed by atoms with E-state index >= 15 is 0 Å². The van der Waals surface area contributed by atoms with Crippen LogP contribution in [0.15, 0.2) is 30.5 Å². The van der Waals surface area contributed by atoms with Gasteiger partial charge in [-0.15, -0.1) is 0 Å². The van der Waals surface area contributed by atoms with Gasteiger partial charge in [0.15, 0.2) is 0 Å². The van der Waals surface area contributed by atoms with Crippen molar-refractivity contribution in [3.63, 3.8) is 0 Å². The second-order valence-corrected chi connectivity index (χ2v) is 10.1. The van der Waals surface area contributed by atoms with Gasteiger partial charge < -0.3 is 25.4 Å². The SMILES string of the molecule is COC[C@H](C)N[C@H]1CC[C@H](Nc2cc(-c3cc(NCC4(F)CCOCC4)ccc3F)c(F)cn2)CC1. The van der Waals surface area contributed by atoms with E-state index in [1.807, 2.05) is 0 Å². The van der Waals surface area contributed by atoms with Gasteiger partial charge in [-0.25, -0.2) is 18.2 Å². The molecule has 1 saturated heterocycles. The van der Waals surface area contributed by atoms with Gasteiger partial charge in [-0.05, 0) is 56.9 Å². The van der Waals surface area contributed by atoms with E-state index in [1.165, 1.54) is 12.1 Å². The Kier molecular flexibility index (Phi) is 9.09. The lowest BCUT2D eigenvalue weighted by Crippen LogP contribution is -2.42. The first-order chi connectivity index (χ1) is 17.3. The lowest BCUT2D eigenvalue weighted by molar-refractivity contribution is -0.00115. The van der Waals surface area contributed by atoms with Crippen molar-refractivity contribution in [2.75, 3.05) is 44.1 Å². The maximum absolute atomic E-state index is 14.9. The van der Waals surface area contributed by atoms with Gasteiger partial charge in [0, 0.05) is 74.6 Å². The van der Waals surface area contributed by atoms with Crippen LogP contribution >= 0.6 is 0 Å². The first-order valence-corrected chi connectivity index (χ1v) is 12.8. The molecule has 0 amide bonds. The summed E-state index contributed by atoms with van der Waals surface area (Å²) in [6, 6.07) is 6.86. The molecule has 9 heteroatoms. The number of ether oxygens (including phenoxy) is 2. The molecule has 2 aliphatic rings. The minimum atomic E-state index is -1.37. The molecule has 0 spiro atoms. The average Bonchev–Trinajstić information content (AvgIpc) is 2.87. The molecule has 1 aromatic carbocycles. The summed E-state index contributed by atoms with van der Waals surface area (Å²) in [6.07, 6.45) is 5.69. The summed E-state index contributed by atoms with van der Waals surface area (Å²) in [5, 5.41) is 10.0. The van der Waals surface area contributed by atoms with E-state index in [2.05, 4.69) is 27.9 Å². The Balaban J connectivity index is 1.40. The quantitative estimate of drug-likeness (QED) is 0.406. The fraction of sp³-hybridized carbons (Fsp3) is 0.593. The van der Waals surface area contributed by atoms with Crippen LogP contribution in [0.4, 0.5) is 24.7 Å². The van der Waals surface area contributed by atoms with Crippen LogP contribution in [0.3, 0.4) is 0 Å². The van der Waals surface area contributed by atoms with Crippen LogP contribution in [0.1, 0.15) is 45.4 Å². The Hall–Kier alpha value is -2.36. The minimum Gasteiger partial charge on any atom is -0.383 e. The highest BCUT2D eigenvalue weighted by Gasteiger charge is 2.32. The third-order valence-corrected chi connectivity index (χ3v) is 7.13. The zero-order valence-corrected chi connectivity index (χ0v) is 21.1. The number of methoxy groups -OCH3 is 1. The highest BCUT2D eigenvalue weighted by atomic mass is 19.1. The lowest BCUT2D eigenvalue weighted by Gasteiger charge is -2.32. The number of rotatable bonds is 10. The fourth-order valence-electron chi connectivity index (χ4n) is 5.05. The Bertz CT molecular complexity index is 995. The van der Waals surface area contributed by atoms with Gasteiger partial charge in [-0.2, -0.15) is 0 Å². The second-order valence-electron chi connectivity index (χ2n) is 10.1. The van der Waals surface area contributed by atoms with E-state index < -0.39 is 17.3 Å². The van der Waals surface area contributed by atoms with E-state index in [0.29, 0.717) is 56.3 Å². The van der Waals surface area contributed by atoms with Crippen LogP contribution in [-0.2, 0) is 9.47 Å². The summed E-state index contributed by atoms with van der Waals surface area (Å²) in [5.41, 5.74) is -0.599. The number of nitrogens with one attached hydrogen (secondary N) is 3. The van der Waals surface area contributed by atoms with Crippen LogP contribution in [0.2, 0.25) is 0 Å². The van der Waals surface area contributed by atoms with Crippen molar-refractivity contribution in [3.05, 3.63) is 42.1 Å². The number of halogens is 3. The maximum Gasteiger partial charge on any atom is 0.149 e. The number of alkyl halides is 1. The molecule has 1 aromatic heterocycles. The van der Waals surface area contributed by atoms with Crippen LogP contribution in [0.25, 0.3) is 11.1 Å². The van der Waals surface area contributed by atoms with Crippen molar-refractivity contribution in [3.8, 4) is 11.1 Å². The van der Waals surface area contributed by atoms with Crippen molar-refractivity contribution in [2.24, 2.45) is 0 Å². The lowest BCUT2D eigenvalue weighted by atomic mass is 9.90. The first-order valence-electron chi connectivity index (χ1n) is 12.8. The molecule has 2 fully saturated rings. The van der Waals surface area contributed by atoms with Crippen molar-refractivity contribution in [1.29, 1.82) is 0 Å². The van der Waals surface area contributed by atoms with Gasteiger partial charge in [0.2, 0.25) is 0 Å². The van der Waals surface area contributed by atoms with Crippen molar-refractivity contribution < 1.29 is 22.6 Å². The zero-order chi connectivity index (χ0) is 25.5. The topological polar surface area (TPSA) is 67.4 Å². The van der Waals surface area contributed by atoms with Crippen LogP contribution in [-0.4, -0.2) is 62.3 Å². The molecule has 6 nitrogen and oxygen atoms in total. The van der Waals surface area contributed by atoms with E-state index in [0.717, 1.165) is 31.9 Å². The van der Waals surface area contributed by atoms with Gasteiger partial charge in [0.05, 0.1) is 12.8 Å². The van der Waals surface area contributed by atoms with Crippen molar-refractivity contribution in [2.45, 2.75) is 69.2 Å². The number of nitrogens with zero attached hydrogens (tertiary/aromatic N) is 1. The molecular weight excluding hydrogens is 469 g/mol. The van der Waals surface area contributed by atoms with E-state index in [1.54, 1.807) is 19.2 Å².